The summed E-state index contributed by atoms with van der Waals surface area (Å²) in [5.41, 5.74) is 1.31. The molecule has 9 heteroatoms. The van der Waals surface area contributed by atoms with Crippen molar-refractivity contribution in [2.24, 2.45) is 0 Å². The number of nitrogens with one attached hydrogen (secondary N) is 1. The Hall–Kier alpha value is -2.45. The second kappa shape index (κ2) is 9.78. The number of sulfonamides is 1. The number of anilines is 1. The van der Waals surface area contributed by atoms with Gasteiger partial charge in [-0.2, -0.15) is 4.31 Å². The summed E-state index contributed by atoms with van der Waals surface area (Å²) < 4.78 is 41.8. The standard InChI is InChI=1S/C22H19Cl2FN2O3S/c1-15-5-11-18(12-6-15)31(29,30)27(13-19-20(24)3-2-4-21(19)25)14-22(28)26-17-9-7-16(23)8-10-17/h2-12H,13-14H2,1H3,(H,26,28). The minimum Gasteiger partial charge on any atom is -0.325 e. The smallest absolute Gasteiger partial charge is 0.243 e. The number of rotatable bonds is 7. The average molecular weight is 481 g/mol. The van der Waals surface area contributed by atoms with Crippen LogP contribution < -0.4 is 5.32 Å². The zero-order valence-electron chi connectivity index (χ0n) is 16.5. The Labute approximate surface area is 190 Å². The van der Waals surface area contributed by atoms with E-state index in [1.807, 2.05) is 6.92 Å². The van der Waals surface area contributed by atoms with E-state index < -0.39 is 34.8 Å². The number of carbonyl (C=O) groups excluding carboxylic acids is 1. The SMILES string of the molecule is Cc1ccc(S(=O)(=O)N(CC(=O)Nc2ccc(Cl)cc2)Cc2c(F)cccc2Cl)cc1. The number of nitrogens with zero attached hydrogens (tertiary/aromatic N) is 1. The van der Waals surface area contributed by atoms with E-state index in [4.69, 9.17) is 23.2 Å². The Morgan fingerprint density at radius 1 is 1.00 bits per heavy atom. The molecule has 0 aliphatic carbocycles. The van der Waals surface area contributed by atoms with Crippen LogP contribution in [-0.2, 0) is 21.4 Å². The predicted octanol–water partition coefficient (Wildman–Crippen LogP) is 5.27. The summed E-state index contributed by atoms with van der Waals surface area (Å²) in [4.78, 5) is 12.6. The van der Waals surface area contributed by atoms with Crippen LogP contribution in [0.15, 0.2) is 71.6 Å². The van der Waals surface area contributed by atoms with Crippen LogP contribution in [0, 0.1) is 12.7 Å². The normalized spacial score (nSPS) is 11.5. The van der Waals surface area contributed by atoms with Crippen molar-refractivity contribution in [2.45, 2.75) is 18.4 Å². The molecule has 0 aromatic heterocycles. The Morgan fingerprint density at radius 3 is 2.26 bits per heavy atom. The lowest BCUT2D eigenvalue weighted by atomic mass is 10.2. The van der Waals surface area contributed by atoms with Gasteiger partial charge >= 0.3 is 0 Å². The molecule has 0 bridgehead atoms. The van der Waals surface area contributed by atoms with Gasteiger partial charge < -0.3 is 5.32 Å². The van der Waals surface area contributed by atoms with Crippen molar-refractivity contribution in [3.8, 4) is 0 Å². The van der Waals surface area contributed by atoms with Crippen molar-refractivity contribution in [3.63, 3.8) is 0 Å². The van der Waals surface area contributed by atoms with Gasteiger partial charge in [0.15, 0.2) is 0 Å². The Kier molecular flexibility index (Phi) is 7.33. The predicted molar refractivity (Wildman–Crippen MR) is 120 cm³/mol. The average Bonchev–Trinajstić information content (AvgIpc) is 2.72. The maximum absolute atomic E-state index is 14.4. The van der Waals surface area contributed by atoms with Gasteiger partial charge in [0.1, 0.15) is 5.82 Å². The number of hydrogen-bond acceptors (Lipinski definition) is 3. The molecule has 0 radical (unpaired) electrons. The van der Waals surface area contributed by atoms with Crippen molar-refractivity contribution >= 4 is 44.8 Å². The van der Waals surface area contributed by atoms with Crippen molar-refractivity contribution in [1.82, 2.24) is 4.31 Å². The summed E-state index contributed by atoms with van der Waals surface area (Å²) in [5, 5.41) is 3.18. The summed E-state index contributed by atoms with van der Waals surface area (Å²) in [5.74, 6) is -1.25. The van der Waals surface area contributed by atoms with Gasteiger partial charge in [-0.05, 0) is 55.5 Å². The first-order valence-electron chi connectivity index (χ1n) is 9.22. The molecule has 0 fully saturated rings. The van der Waals surface area contributed by atoms with E-state index in [1.54, 1.807) is 36.4 Å². The first-order valence-corrected chi connectivity index (χ1v) is 11.4. The van der Waals surface area contributed by atoms with Crippen molar-refractivity contribution < 1.29 is 17.6 Å². The number of benzene rings is 3. The molecule has 0 spiro atoms. The molecule has 0 saturated heterocycles. The second-order valence-corrected chi connectivity index (χ2v) is 9.62. The van der Waals surface area contributed by atoms with E-state index in [2.05, 4.69) is 5.32 Å². The lowest BCUT2D eigenvalue weighted by Crippen LogP contribution is -2.37. The summed E-state index contributed by atoms with van der Waals surface area (Å²) in [6.07, 6.45) is 0. The molecule has 0 aliphatic heterocycles. The topological polar surface area (TPSA) is 66.5 Å². The Morgan fingerprint density at radius 2 is 1.65 bits per heavy atom. The van der Waals surface area contributed by atoms with Gasteiger partial charge in [-0.25, -0.2) is 12.8 Å². The molecular weight excluding hydrogens is 462 g/mol. The molecule has 0 unspecified atom stereocenters. The van der Waals surface area contributed by atoms with Crippen LogP contribution in [0.2, 0.25) is 10.0 Å². The number of carbonyl (C=O) groups is 1. The fraction of sp³-hybridized carbons (Fsp3) is 0.136. The number of amides is 1. The van der Waals surface area contributed by atoms with Gasteiger partial charge in [0.25, 0.3) is 0 Å². The second-order valence-electron chi connectivity index (χ2n) is 6.84. The Balaban J connectivity index is 1.92. The molecule has 3 rings (SSSR count). The molecule has 0 heterocycles. The van der Waals surface area contributed by atoms with Crippen LogP contribution in [0.5, 0.6) is 0 Å². The van der Waals surface area contributed by atoms with E-state index in [0.717, 1.165) is 9.87 Å². The zero-order valence-corrected chi connectivity index (χ0v) is 18.8. The van der Waals surface area contributed by atoms with Crippen LogP contribution in [0.25, 0.3) is 0 Å². The third kappa shape index (κ3) is 5.83. The summed E-state index contributed by atoms with van der Waals surface area (Å²) in [6.45, 7) is 0.881. The third-order valence-electron chi connectivity index (χ3n) is 4.50. The maximum Gasteiger partial charge on any atom is 0.243 e. The van der Waals surface area contributed by atoms with Crippen molar-refractivity contribution in [1.29, 1.82) is 0 Å². The quantitative estimate of drug-likeness (QED) is 0.500. The lowest BCUT2D eigenvalue weighted by Gasteiger charge is -2.23. The molecule has 0 aliphatic rings. The largest absolute Gasteiger partial charge is 0.325 e. The molecule has 3 aromatic carbocycles. The van der Waals surface area contributed by atoms with Gasteiger partial charge in [0.2, 0.25) is 15.9 Å². The molecule has 1 N–H and O–H groups in total. The first kappa shape index (κ1) is 23.2. The van der Waals surface area contributed by atoms with E-state index in [9.17, 15) is 17.6 Å². The van der Waals surface area contributed by atoms with Crippen molar-refractivity contribution in [2.75, 3.05) is 11.9 Å². The highest BCUT2D eigenvalue weighted by Crippen LogP contribution is 2.25. The van der Waals surface area contributed by atoms with Crippen molar-refractivity contribution in [3.05, 3.63) is 93.7 Å². The summed E-state index contributed by atoms with van der Waals surface area (Å²) in [7, 11) is -4.12. The minimum absolute atomic E-state index is 0.00939. The molecule has 31 heavy (non-hydrogen) atoms. The molecule has 1 amide bonds. The fourth-order valence-corrected chi connectivity index (χ4v) is 4.55. The van der Waals surface area contributed by atoms with Gasteiger partial charge in [-0.3, -0.25) is 4.79 Å². The highest BCUT2D eigenvalue weighted by atomic mass is 35.5. The van der Waals surface area contributed by atoms with Gasteiger partial charge in [0, 0.05) is 27.8 Å². The van der Waals surface area contributed by atoms with E-state index >= 15 is 0 Å². The van der Waals surface area contributed by atoms with Gasteiger partial charge in [-0.15, -0.1) is 0 Å². The summed E-state index contributed by atoms with van der Waals surface area (Å²) in [6, 6.07) is 16.6. The molecule has 3 aromatic rings. The van der Waals surface area contributed by atoms with Crippen LogP contribution in [0.4, 0.5) is 10.1 Å². The van der Waals surface area contributed by atoms with Gasteiger partial charge in [0.05, 0.1) is 11.4 Å². The number of halogens is 3. The number of hydrogen-bond donors (Lipinski definition) is 1. The molecule has 0 saturated carbocycles. The van der Waals surface area contributed by atoms with Crippen LogP contribution >= 0.6 is 23.2 Å². The van der Waals surface area contributed by atoms with Crippen LogP contribution in [-0.4, -0.2) is 25.2 Å². The third-order valence-corrected chi connectivity index (χ3v) is 6.91. The fourth-order valence-electron chi connectivity index (χ4n) is 2.84. The molecule has 0 atom stereocenters. The summed E-state index contributed by atoms with van der Waals surface area (Å²) >= 11 is 11.9. The maximum atomic E-state index is 14.4. The first-order chi connectivity index (χ1) is 14.7. The van der Waals surface area contributed by atoms with E-state index in [-0.39, 0.29) is 15.5 Å². The zero-order chi connectivity index (χ0) is 22.6. The van der Waals surface area contributed by atoms with E-state index in [1.165, 1.54) is 30.3 Å². The van der Waals surface area contributed by atoms with Crippen LogP contribution in [0.1, 0.15) is 11.1 Å². The molecular formula is C22H19Cl2FN2O3S. The van der Waals surface area contributed by atoms with E-state index in [0.29, 0.717) is 10.7 Å². The highest BCUT2D eigenvalue weighted by molar-refractivity contribution is 7.89. The van der Waals surface area contributed by atoms with Gasteiger partial charge in [-0.1, -0.05) is 47.0 Å². The highest BCUT2D eigenvalue weighted by Gasteiger charge is 2.28. The minimum atomic E-state index is -4.12. The molecule has 162 valence electrons. The monoisotopic (exact) mass is 480 g/mol. The number of aryl methyl sites for hydroxylation is 1. The molecule has 5 nitrogen and oxygen atoms in total. The lowest BCUT2D eigenvalue weighted by molar-refractivity contribution is -0.116. The van der Waals surface area contributed by atoms with Crippen LogP contribution in [0.3, 0.4) is 0 Å². The Bertz CT molecular complexity index is 1160.